The molecular formula is C32H42N6O3S2Si. The maximum absolute atomic E-state index is 7.30. The van der Waals surface area contributed by atoms with Crippen LogP contribution in [0.3, 0.4) is 0 Å². The summed E-state index contributed by atoms with van der Waals surface area (Å²) < 4.78 is 22.7. The Morgan fingerprint density at radius 3 is 2.32 bits per heavy atom. The van der Waals surface area contributed by atoms with Gasteiger partial charge in [0.1, 0.15) is 24.1 Å². The molecule has 44 heavy (non-hydrogen) atoms. The number of rotatable bonds is 12. The maximum Gasteiger partial charge on any atom is 0.261 e. The average molecular weight is 651 g/mol. The second-order valence-electron chi connectivity index (χ2n) is 12.1. The molecule has 1 fully saturated rings. The number of imidazole rings is 1. The summed E-state index contributed by atoms with van der Waals surface area (Å²) in [6, 6.07) is 21.4. The van der Waals surface area contributed by atoms with E-state index in [0.29, 0.717) is 30.0 Å². The molecule has 2 aromatic heterocycles. The fraction of sp³-hybridized carbons (Fsp3) is 0.438. The van der Waals surface area contributed by atoms with Gasteiger partial charge in [-0.25, -0.2) is 19.9 Å². The average Bonchev–Trinajstić information content (AvgIpc) is 3.61. The molecule has 0 unspecified atom stereocenters. The van der Waals surface area contributed by atoms with Crippen molar-refractivity contribution in [2.45, 2.75) is 63.0 Å². The monoisotopic (exact) mass is 650 g/mol. The third-order valence-electron chi connectivity index (χ3n) is 7.72. The van der Waals surface area contributed by atoms with Crippen LogP contribution in [0, 0.1) is 0 Å². The molecule has 1 saturated heterocycles. The van der Waals surface area contributed by atoms with Crippen LogP contribution in [0.1, 0.15) is 40.3 Å². The van der Waals surface area contributed by atoms with Gasteiger partial charge >= 0.3 is 0 Å². The SMILES string of the molecule is CSS[C@@H](C)O[C@@H]1C[C@H](n2cnc3c(/N=C/N(C)C)ncnc32)O[C@@H]1CO[Si](c1ccccc1)(c1ccccc1)C(C)(C)C. The summed E-state index contributed by atoms with van der Waals surface area (Å²) in [4.78, 5) is 19.9. The number of hydrogen-bond donors (Lipinski definition) is 0. The predicted octanol–water partition coefficient (Wildman–Crippen LogP) is 5.65. The lowest BCUT2D eigenvalue weighted by Crippen LogP contribution is -2.67. The third kappa shape index (κ3) is 6.90. The van der Waals surface area contributed by atoms with Crippen molar-refractivity contribution in [1.82, 2.24) is 24.4 Å². The molecule has 0 spiro atoms. The fourth-order valence-corrected chi connectivity index (χ4v) is 11.8. The molecule has 0 radical (unpaired) electrons. The molecule has 0 bridgehead atoms. The van der Waals surface area contributed by atoms with Gasteiger partial charge in [-0.15, -0.1) is 0 Å². The van der Waals surface area contributed by atoms with Crippen LogP contribution < -0.4 is 10.4 Å². The van der Waals surface area contributed by atoms with E-state index < -0.39 is 8.32 Å². The van der Waals surface area contributed by atoms with Gasteiger partial charge in [0.25, 0.3) is 8.32 Å². The number of aliphatic imine (C=N–C) groups is 1. The fourth-order valence-electron chi connectivity index (χ4n) is 5.85. The molecule has 0 N–H and O–H groups in total. The van der Waals surface area contributed by atoms with E-state index in [0.717, 1.165) is 0 Å². The molecule has 0 aliphatic carbocycles. The zero-order chi connectivity index (χ0) is 31.3. The van der Waals surface area contributed by atoms with E-state index in [1.807, 2.05) is 23.6 Å². The summed E-state index contributed by atoms with van der Waals surface area (Å²) >= 11 is 0. The zero-order valence-electron chi connectivity index (χ0n) is 26.5. The zero-order valence-corrected chi connectivity index (χ0v) is 29.1. The highest BCUT2D eigenvalue weighted by molar-refractivity contribution is 8.76. The Morgan fingerprint density at radius 2 is 1.73 bits per heavy atom. The molecule has 0 saturated carbocycles. The van der Waals surface area contributed by atoms with Crippen LogP contribution in [0.4, 0.5) is 5.82 Å². The van der Waals surface area contributed by atoms with Crippen LogP contribution in [-0.4, -0.2) is 83.7 Å². The first kappa shape index (κ1) is 32.6. The minimum Gasteiger partial charge on any atom is -0.405 e. The first-order valence-corrected chi connectivity index (χ1v) is 19.3. The molecule has 0 amide bonds. The van der Waals surface area contributed by atoms with Gasteiger partial charge in [-0.1, -0.05) is 103 Å². The van der Waals surface area contributed by atoms with Gasteiger partial charge in [0.15, 0.2) is 17.0 Å². The smallest absolute Gasteiger partial charge is 0.261 e. The van der Waals surface area contributed by atoms with Crippen molar-refractivity contribution in [2.75, 3.05) is 27.0 Å². The van der Waals surface area contributed by atoms with E-state index in [1.54, 1.807) is 34.3 Å². The van der Waals surface area contributed by atoms with Gasteiger partial charge in [-0.05, 0) is 28.6 Å². The highest BCUT2D eigenvalue weighted by Gasteiger charge is 2.51. The minimum absolute atomic E-state index is 0.0125. The van der Waals surface area contributed by atoms with Crippen molar-refractivity contribution in [3.8, 4) is 0 Å². The first-order valence-electron chi connectivity index (χ1n) is 14.8. The Balaban J connectivity index is 1.48. The van der Waals surface area contributed by atoms with Crippen molar-refractivity contribution < 1.29 is 13.9 Å². The summed E-state index contributed by atoms with van der Waals surface area (Å²) in [6.45, 7) is 9.34. The molecule has 234 valence electrons. The van der Waals surface area contributed by atoms with E-state index in [-0.39, 0.29) is 28.9 Å². The lowest BCUT2D eigenvalue weighted by Gasteiger charge is -2.43. The van der Waals surface area contributed by atoms with Crippen molar-refractivity contribution in [3.63, 3.8) is 0 Å². The maximum atomic E-state index is 7.30. The Labute approximate surface area is 269 Å². The van der Waals surface area contributed by atoms with Crippen LogP contribution >= 0.6 is 21.6 Å². The Morgan fingerprint density at radius 1 is 1.07 bits per heavy atom. The van der Waals surface area contributed by atoms with Crippen molar-refractivity contribution >= 4 is 63.6 Å². The molecule has 2 aromatic carbocycles. The quantitative estimate of drug-likeness (QED) is 0.0635. The second kappa shape index (κ2) is 14.1. The normalized spacial score (nSPS) is 20.0. The Bertz CT molecular complexity index is 1490. The molecule has 1 aliphatic heterocycles. The van der Waals surface area contributed by atoms with Crippen LogP contribution in [0.25, 0.3) is 11.2 Å². The topological polar surface area (TPSA) is 86.9 Å². The van der Waals surface area contributed by atoms with Gasteiger partial charge in [0.2, 0.25) is 0 Å². The number of nitrogens with zero attached hydrogens (tertiary/aromatic N) is 6. The van der Waals surface area contributed by atoms with Gasteiger partial charge in [-0.2, -0.15) is 0 Å². The third-order valence-corrected chi connectivity index (χ3v) is 14.7. The molecule has 5 rings (SSSR count). The van der Waals surface area contributed by atoms with Crippen molar-refractivity contribution in [1.29, 1.82) is 0 Å². The van der Waals surface area contributed by atoms with Crippen molar-refractivity contribution in [3.05, 3.63) is 73.3 Å². The Hall–Kier alpha value is -2.74. The summed E-state index contributed by atoms with van der Waals surface area (Å²) in [7, 11) is 4.46. The summed E-state index contributed by atoms with van der Waals surface area (Å²) in [5.74, 6) is 0.518. The van der Waals surface area contributed by atoms with Gasteiger partial charge < -0.3 is 18.8 Å². The second-order valence-corrected chi connectivity index (χ2v) is 19.1. The van der Waals surface area contributed by atoms with E-state index in [4.69, 9.17) is 13.9 Å². The lowest BCUT2D eigenvalue weighted by molar-refractivity contribution is -0.0599. The summed E-state index contributed by atoms with van der Waals surface area (Å²) in [6.07, 6.45) is 6.89. The molecule has 4 aromatic rings. The standard InChI is InChI=1S/C32H42N6O3S2Si/c1-23(43-42-7)40-26-18-28(38-22-35-29-30(36-21-37(5)6)33-20-34-31(29)38)41-27(26)19-39-44(32(2,3)4,24-14-10-8-11-15-24)25-16-12-9-13-17-25/h8-17,20-23,26-28H,18-19H2,1-7H3/b36-21+/t23-,26+,27+,28+/m0/s1. The van der Waals surface area contributed by atoms with E-state index in [1.165, 1.54) is 16.7 Å². The number of aromatic nitrogens is 4. The summed E-state index contributed by atoms with van der Waals surface area (Å²) in [5, 5.41) is 2.33. The Kier molecular flexibility index (Phi) is 10.5. The van der Waals surface area contributed by atoms with Gasteiger partial charge in [0.05, 0.1) is 25.4 Å². The predicted molar refractivity (Wildman–Crippen MR) is 185 cm³/mol. The number of ether oxygens (including phenoxy) is 2. The van der Waals surface area contributed by atoms with Crippen LogP contribution in [-0.2, 0) is 13.9 Å². The van der Waals surface area contributed by atoms with Crippen LogP contribution in [0.5, 0.6) is 0 Å². The van der Waals surface area contributed by atoms with Crippen molar-refractivity contribution in [2.24, 2.45) is 4.99 Å². The highest BCUT2D eigenvalue weighted by atomic mass is 33.1. The molecule has 12 heteroatoms. The molecule has 9 nitrogen and oxygen atoms in total. The number of fused-ring (bicyclic) bond motifs is 1. The molecule has 4 atom stereocenters. The summed E-state index contributed by atoms with van der Waals surface area (Å²) in [5.41, 5.74) is 1.29. The van der Waals surface area contributed by atoms with Gasteiger partial charge in [0, 0.05) is 20.5 Å². The van der Waals surface area contributed by atoms with E-state index in [2.05, 4.69) is 115 Å². The lowest BCUT2D eigenvalue weighted by atomic mass is 10.2. The largest absolute Gasteiger partial charge is 0.405 e. The molecule has 1 aliphatic rings. The van der Waals surface area contributed by atoms with Gasteiger partial charge in [-0.3, -0.25) is 4.57 Å². The van der Waals surface area contributed by atoms with Crippen LogP contribution in [0.15, 0.2) is 78.3 Å². The minimum atomic E-state index is -2.76. The van der Waals surface area contributed by atoms with E-state index >= 15 is 0 Å². The van der Waals surface area contributed by atoms with Crippen LogP contribution in [0.2, 0.25) is 5.04 Å². The first-order chi connectivity index (χ1) is 21.1. The number of hydrogen-bond acceptors (Lipinski definition) is 9. The molecule has 3 heterocycles. The highest BCUT2D eigenvalue weighted by Crippen LogP contribution is 2.40. The van der Waals surface area contributed by atoms with E-state index in [9.17, 15) is 0 Å². The number of benzene rings is 2. The molecular weight excluding hydrogens is 609 g/mol.